The van der Waals surface area contributed by atoms with Crippen LogP contribution in [0.2, 0.25) is 0 Å². The normalized spacial score (nSPS) is 10.9. The van der Waals surface area contributed by atoms with Gasteiger partial charge in [0.15, 0.2) is 0 Å². The first-order valence-corrected chi connectivity index (χ1v) is 12.2. The average Bonchev–Trinajstić information content (AvgIpc) is 3.47. The first kappa shape index (κ1) is 23.1. The topological polar surface area (TPSA) is 99.3 Å². The summed E-state index contributed by atoms with van der Waals surface area (Å²) in [7, 11) is 0. The van der Waals surface area contributed by atoms with E-state index >= 15 is 0 Å². The molecule has 0 aliphatic rings. The van der Waals surface area contributed by atoms with E-state index in [0.717, 1.165) is 50.0 Å². The van der Waals surface area contributed by atoms with E-state index in [1.807, 2.05) is 66.9 Å². The van der Waals surface area contributed by atoms with Gasteiger partial charge in [-0.3, -0.25) is 5.32 Å². The number of phenols is 1. The van der Waals surface area contributed by atoms with Crippen molar-refractivity contribution in [2.24, 2.45) is 0 Å². The molecule has 2 aromatic heterocycles. The molecule has 186 valence electrons. The highest BCUT2D eigenvalue weighted by Gasteiger charge is 2.12. The third-order valence-electron chi connectivity index (χ3n) is 6.22. The zero-order valence-corrected chi connectivity index (χ0v) is 20.3. The van der Waals surface area contributed by atoms with Gasteiger partial charge in [-0.25, -0.2) is 9.78 Å². The molecule has 7 nitrogen and oxygen atoms in total. The van der Waals surface area contributed by atoms with Crippen LogP contribution in [0, 0.1) is 0 Å². The van der Waals surface area contributed by atoms with Crippen LogP contribution in [-0.2, 0) is 11.3 Å². The summed E-state index contributed by atoms with van der Waals surface area (Å²) >= 11 is 0. The molecule has 6 aromatic rings. The fourth-order valence-electron chi connectivity index (χ4n) is 4.52. The molecule has 0 aliphatic carbocycles. The third kappa shape index (κ3) is 4.85. The molecule has 7 heteroatoms. The number of hydrogen-bond donors (Lipinski definition) is 4. The molecule has 6 rings (SSSR count). The van der Waals surface area contributed by atoms with Crippen LogP contribution in [0.3, 0.4) is 0 Å². The van der Waals surface area contributed by atoms with Crippen molar-refractivity contribution in [3.8, 4) is 17.0 Å². The standard InChI is InChI=1S/C31H24N4O3/c36-24-8-5-7-22(18-24)34-31(37)38-19-20-15-21(27-13-6-14-32-27)17-23(16-20)33-30-25-9-1-3-11-28(25)35-29-12-4-2-10-26(29)30/h1-18,32,36H,19H2,(H,33,35)(H,34,37). The van der Waals surface area contributed by atoms with E-state index in [4.69, 9.17) is 9.72 Å². The van der Waals surface area contributed by atoms with Crippen molar-refractivity contribution in [2.75, 3.05) is 10.6 Å². The fourth-order valence-corrected chi connectivity index (χ4v) is 4.52. The molecule has 0 unspecified atom stereocenters. The fraction of sp³-hybridized carbons (Fsp3) is 0.0323. The number of anilines is 3. The van der Waals surface area contributed by atoms with E-state index in [2.05, 4.69) is 33.8 Å². The number of phenolic OH excluding ortho intramolecular Hbond substituents is 1. The van der Waals surface area contributed by atoms with E-state index in [1.165, 1.54) is 12.1 Å². The number of pyridine rings is 1. The number of nitrogens with one attached hydrogen (secondary N) is 3. The quantitative estimate of drug-likeness (QED) is 0.177. The second-order valence-corrected chi connectivity index (χ2v) is 8.90. The number of para-hydroxylation sites is 2. The summed E-state index contributed by atoms with van der Waals surface area (Å²) in [6.07, 6.45) is 1.26. The Labute approximate surface area is 218 Å². The largest absolute Gasteiger partial charge is 0.508 e. The van der Waals surface area contributed by atoms with Crippen LogP contribution in [0.1, 0.15) is 5.56 Å². The number of nitrogens with zero attached hydrogens (tertiary/aromatic N) is 1. The van der Waals surface area contributed by atoms with Crippen molar-refractivity contribution in [3.05, 3.63) is 115 Å². The monoisotopic (exact) mass is 500 g/mol. The summed E-state index contributed by atoms with van der Waals surface area (Å²) in [5, 5.41) is 17.9. The molecular formula is C31H24N4O3. The molecule has 38 heavy (non-hydrogen) atoms. The number of benzene rings is 4. The molecule has 0 radical (unpaired) electrons. The number of hydrogen-bond acceptors (Lipinski definition) is 5. The first-order chi connectivity index (χ1) is 18.6. The van der Waals surface area contributed by atoms with Crippen molar-refractivity contribution in [3.63, 3.8) is 0 Å². The Bertz CT molecular complexity index is 1710. The van der Waals surface area contributed by atoms with E-state index in [-0.39, 0.29) is 12.4 Å². The van der Waals surface area contributed by atoms with Crippen molar-refractivity contribution in [1.29, 1.82) is 0 Å². The Morgan fingerprint density at radius 2 is 1.58 bits per heavy atom. The van der Waals surface area contributed by atoms with E-state index < -0.39 is 6.09 Å². The van der Waals surface area contributed by atoms with E-state index in [9.17, 15) is 9.90 Å². The molecule has 2 heterocycles. The summed E-state index contributed by atoms with van der Waals surface area (Å²) in [4.78, 5) is 20.5. The Kier molecular flexibility index (Phi) is 6.08. The predicted octanol–water partition coefficient (Wildman–Crippen LogP) is 7.58. The lowest BCUT2D eigenvalue weighted by molar-refractivity contribution is 0.155. The highest BCUT2D eigenvalue weighted by Crippen LogP contribution is 2.34. The van der Waals surface area contributed by atoms with Gasteiger partial charge in [0.05, 0.1) is 16.7 Å². The smallest absolute Gasteiger partial charge is 0.411 e. The summed E-state index contributed by atoms with van der Waals surface area (Å²) in [5.41, 5.74) is 6.79. The highest BCUT2D eigenvalue weighted by molar-refractivity contribution is 6.08. The van der Waals surface area contributed by atoms with Crippen LogP contribution >= 0.6 is 0 Å². The van der Waals surface area contributed by atoms with Crippen molar-refractivity contribution in [2.45, 2.75) is 6.61 Å². The van der Waals surface area contributed by atoms with Crippen molar-refractivity contribution >= 4 is 45.0 Å². The van der Waals surface area contributed by atoms with E-state index in [1.54, 1.807) is 12.1 Å². The molecule has 0 fully saturated rings. The van der Waals surface area contributed by atoms with Gasteiger partial charge >= 0.3 is 6.09 Å². The zero-order chi connectivity index (χ0) is 25.9. The van der Waals surface area contributed by atoms with Gasteiger partial charge in [-0.05, 0) is 60.2 Å². The highest BCUT2D eigenvalue weighted by atomic mass is 16.5. The maximum atomic E-state index is 12.4. The SMILES string of the molecule is O=C(Nc1cccc(O)c1)OCc1cc(Nc2c3ccccc3nc3ccccc23)cc(-c2ccc[nH]2)c1. The van der Waals surface area contributed by atoms with Gasteiger partial charge in [-0.15, -0.1) is 0 Å². The molecule has 1 amide bonds. The van der Waals surface area contributed by atoms with Crippen LogP contribution in [0.15, 0.2) is 109 Å². The summed E-state index contributed by atoms with van der Waals surface area (Å²) in [6, 6.07) is 32.4. The van der Waals surface area contributed by atoms with Crippen LogP contribution in [0.4, 0.5) is 21.9 Å². The average molecular weight is 501 g/mol. The Hall–Kier alpha value is -5.30. The van der Waals surface area contributed by atoms with Gasteiger partial charge in [-0.1, -0.05) is 42.5 Å². The van der Waals surface area contributed by atoms with Crippen LogP contribution in [-0.4, -0.2) is 21.2 Å². The van der Waals surface area contributed by atoms with Gasteiger partial charge in [0.1, 0.15) is 12.4 Å². The van der Waals surface area contributed by atoms with Gasteiger partial charge < -0.3 is 20.1 Å². The predicted molar refractivity (Wildman–Crippen MR) is 151 cm³/mol. The maximum Gasteiger partial charge on any atom is 0.411 e. The lowest BCUT2D eigenvalue weighted by Crippen LogP contribution is -2.13. The summed E-state index contributed by atoms with van der Waals surface area (Å²) in [6.45, 7) is 0.0612. The van der Waals surface area contributed by atoms with Crippen molar-refractivity contribution in [1.82, 2.24) is 9.97 Å². The molecule has 0 aliphatic heterocycles. The third-order valence-corrected chi connectivity index (χ3v) is 6.22. The number of carbonyl (C=O) groups excluding carboxylic acids is 1. The number of ether oxygens (including phenoxy) is 1. The van der Waals surface area contributed by atoms with Crippen LogP contribution < -0.4 is 10.6 Å². The number of fused-ring (bicyclic) bond motifs is 2. The number of amides is 1. The van der Waals surface area contributed by atoms with Crippen LogP contribution in [0.25, 0.3) is 33.1 Å². The lowest BCUT2D eigenvalue weighted by atomic mass is 10.0. The summed E-state index contributed by atoms with van der Waals surface area (Å²) in [5.74, 6) is 0.0633. The minimum Gasteiger partial charge on any atom is -0.508 e. The Balaban J connectivity index is 1.34. The second kappa shape index (κ2) is 9.99. The second-order valence-electron chi connectivity index (χ2n) is 8.90. The van der Waals surface area contributed by atoms with Gasteiger partial charge in [0.25, 0.3) is 0 Å². The van der Waals surface area contributed by atoms with Gasteiger partial charge in [-0.2, -0.15) is 0 Å². The number of aromatic hydroxyl groups is 1. The lowest BCUT2D eigenvalue weighted by Gasteiger charge is -2.16. The molecule has 0 saturated heterocycles. The minimum absolute atomic E-state index is 0.0612. The Morgan fingerprint density at radius 3 is 2.29 bits per heavy atom. The molecule has 0 bridgehead atoms. The number of aromatic amines is 1. The molecule has 0 saturated carbocycles. The first-order valence-electron chi connectivity index (χ1n) is 12.2. The van der Waals surface area contributed by atoms with Crippen LogP contribution in [0.5, 0.6) is 5.75 Å². The number of H-pyrrole nitrogens is 1. The number of aromatic nitrogens is 2. The minimum atomic E-state index is -0.610. The van der Waals surface area contributed by atoms with Gasteiger partial charge in [0.2, 0.25) is 0 Å². The van der Waals surface area contributed by atoms with E-state index in [0.29, 0.717) is 5.69 Å². The molecular weight excluding hydrogens is 476 g/mol. The van der Waals surface area contributed by atoms with Gasteiger partial charge in [0, 0.05) is 45.7 Å². The molecule has 0 atom stereocenters. The molecule has 0 spiro atoms. The zero-order valence-electron chi connectivity index (χ0n) is 20.3. The maximum absolute atomic E-state index is 12.4. The molecule has 4 N–H and O–H groups in total. The Morgan fingerprint density at radius 1 is 0.816 bits per heavy atom. The van der Waals surface area contributed by atoms with Crippen molar-refractivity contribution < 1.29 is 14.6 Å². The number of rotatable bonds is 6. The number of carbonyl (C=O) groups is 1. The summed E-state index contributed by atoms with van der Waals surface area (Å²) < 4.78 is 5.51. The molecule has 4 aromatic carbocycles.